The lowest BCUT2D eigenvalue weighted by atomic mass is 10.1. The van der Waals surface area contributed by atoms with E-state index in [1.54, 1.807) is 22.8 Å². The average Bonchev–Trinajstić information content (AvgIpc) is 2.82. The molecule has 0 saturated heterocycles. The number of fused-ring (bicyclic) bond motifs is 1. The lowest BCUT2D eigenvalue weighted by Crippen LogP contribution is -2.22. The number of benzene rings is 3. The fourth-order valence-corrected chi connectivity index (χ4v) is 4.68. The van der Waals surface area contributed by atoms with Crippen molar-refractivity contribution in [1.29, 1.82) is 0 Å². The van der Waals surface area contributed by atoms with Crippen molar-refractivity contribution in [2.24, 2.45) is 5.14 Å². The summed E-state index contributed by atoms with van der Waals surface area (Å²) in [4.78, 5) is 18.0. The molecule has 0 bridgehead atoms. The van der Waals surface area contributed by atoms with E-state index in [0.717, 1.165) is 12.1 Å². The lowest BCUT2D eigenvalue weighted by molar-refractivity contribution is 0.343. The molecule has 4 aromatic rings. The second-order valence-corrected chi connectivity index (χ2v) is 9.91. The van der Waals surface area contributed by atoms with E-state index in [-0.39, 0.29) is 10.5 Å². The molecule has 7 nitrogen and oxygen atoms in total. The van der Waals surface area contributed by atoms with E-state index < -0.39 is 10.0 Å². The Bertz CT molecular complexity index is 1430. The highest BCUT2D eigenvalue weighted by Gasteiger charge is 2.13. The van der Waals surface area contributed by atoms with E-state index in [2.05, 4.69) is 6.92 Å². The normalized spacial score (nSPS) is 11.6. The Morgan fingerprint density at radius 3 is 2.36 bits per heavy atom. The van der Waals surface area contributed by atoms with Gasteiger partial charge in [-0.1, -0.05) is 43.0 Å². The molecule has 0 unspecified atom stereocenters. The fourth-order valence-electron chi connectivity index (χ4n) is 3.34. The summed E-state index contributed by atoms with van der Waals surface area (Å²) in [6.07, 6.45) is 0.919. The maximum Gasteiger partial charge on any atom is 0.266 e. The van der Waals surface area contributed by atoms with Gasteiger partial charge in [-0.05, 0) is 60.5 Å². The van der Waals surface area contributed by atoms with E-state index in [9.17, 15) is 13.2 Å². The van der Waals surface area contributed by atoms with Crippen LogP contribution < -0.4 is 15.4 Å². The molecule has 3 aromatic carbocycles. The van der Waals surface area contributed by atoms with Crippen LogP contribution in [0.5, 0.6) is 5.75 Å². The molecule has 4 rings (SSSR count). The number of sulfonamides is 1. The maximum atomic E-state index is 13.3. The number of ether oxygens (including phenoxy) is 1. The summed E-state index contributed by atoms with van der Waals surface area (Å²) in [7, 11) is -3.74. The first kappa shape index (κ1) is 23.0. The second kappa shape index (κ2) is 9.78. The zero-order chi connectivity index (χ0) is 23.4. The largest absolute Gasteiger partial charge is 0.493 e. The predicted molar refractivity (Wildman–Crippen MR) is 131 cm³/mol. The first-order valence-corrected chi connectivity index (χ1v) is 12.9. The molecule has 1 heterocycles. The van der Waals surface area contributed by atoms with Gasteiger partial charge in [-0.25, -0.2) is 18.5 Å². The third-order valence-corrected chi connectivity index (χ3v) is 6.92. The highest BCUT2D eigenvalue weighted by molar-refractivity contribution is 7.99. The lowest BCUT2D eigenvalue weighted by Gasteiger charge is -2.14. The van der Waals surface area contributed by atoms with Crippen LogP contribution in [0.1, 0.15) is 12.5 Å². The van der Waals surface area contributed by atoms with Crippen molar-refractivity contribution >= 4 is 32.7 Å². The van der Waals surface area contributed by atoms with E-state index in [0.29, 0.717) is 34.2 Å². The van der Waals surface area contributed by atoms with Crippen LogP contribution in [-0.2, 0) is 16.4 Å². The Morgan fingerprint density at radius 2 is 1.70 bits per heavy atom. The van der Waals surface area contributed by atoms with Gasteiger partial charge in [0.1, 0.15) is 5.75 Å². The highest BCUT2D eigenvalue weighted by atomic mass is 32.2. The third kappa shape index (κ3) is 5.27. The molecular weight excluding hydrogens is 458 g/mol. The summed E-state index contributed by atoms with van der Waals surface area (Å²) in [6, 6.07) is 21.1. The third-order valence-electron chi connectivity index (χ3n) is 5.08. The van der Waals surface area contributed by atoms with E-state index in [1.807, 2.05) is 42.5 Å². The maximum absolute atomic E-state index is 13.3. The summed E-state index contributed by atoms with van der Waals surface area (Å²) >= 11 is 1.42. The molecule has 0 atom stereocenters. The number of hydrogen-bond acceptors (Lipinski definition) is 6. The van der Waals surface area contributed by atoms with E-state index in [4.69, 9.17) is 14.9 Å². The predicted octanol–water partition coefficient (Wildman–Crippen LogP) is 3.77. The summed E-state index contributed by atoms with van der Waals surface area (Å²) in [6.45, 7) is 2.43. The highest BCUT2D eigenvalue weighted by Crippen LogP contribution is 2.22. The summed E-state index contributed by atoms with van der Waals surface area (Å²) < 4.78 is 30.1. The van der Waals surface area contributed by atoms with Crippen molar-refractivity contribution in [3.8, 4) is 11.4 Å². The van der Waals surface area contributed by atoms with Crippen LogP contribution in [0.2, 0.25) is 0 Å². The molecule has 2 N–H and O–H groups in total. The van der Waals surface area contributed by atoms with Crippen LogP contribution in [0.25, 0.3) is 16.6 Å². The zero-order valence-corrected chi connectivity index (χ0v) is 19.6. The molecule has 1 aromatic heterocycles. The van der Waals surface area contributed by atoms with Crippen molar-refractivity contribution in [2.45, 2.75) is 23.4 Å². The van der Waals surface area contributed by atoms with Gasteiger partial charge in [0.2, 0.25) is 10.0 Å². The topological polar surface area (TPSA) is 104 Å². The molecule has 0 aliphatic heterocycles. The minimum Gasteiger partial charge on any atom is -0.493 e. The second-order valence-electron chi connectivity index (χ2n) is 7.29. The summed E-state index contributed by atoms with van der Waals surface area (Å²) in [5, 5.41) is 6.26. The van der Waals surface area contributed by atoms with Crippen LogP contribution >= 0.6 is 11.8 Å². The zero-order valence-electron chi connectivity index (χ0n) is 18.0. The van der Waals surface area contributed by atoms with E-state index >= 15 is 0 Å². The van der Waals surface area contributed by atoms with Gasteiger partial charge in [0.25, 0.3) is 5.56 Å². The molecule has 0 aliphatic rings. The molecule has 0 fully saturated rings. The SMILES string of the molecule is CCc1ccc(-n2c(SCCOc3ccc(S(N)(=O)=O)cc3)nc3ccccc3c2=O)cc1. The molecule has 0 amide bonds. The Hall–Kier alpha value is -3.14. The van der Waals surface area contributed by atoms with Gasteiger partial charge in [-0.3, -0.25) is 9.36 Å². The Balaban J connectivity index is 1.55. The van der Waals surface area contributed by atoms with Gasteiger partial charge < -0.3 is 4.74 Å². The molecule has 33 heavy (non-hydrogen) atoms. The smallest absolute Gasteiger partial charge is 0.266 e. The van der Waals surface area contributed by atoms with Crippen molar-refractivity contribution in [3.63, 3.8) is 0 Å². The fraction of sp³-hybridized carbons (Fsp3) is 0.167. The first-order valence-electron chi connectivity index (χ1n) is 10.4. The Morgan fingerprint density at radius 1 is 1.00 bits per heavy atom. The molecule has 170 valence electrons. The van der Waals surface area contributed by atoms with Crippen molar-refractivity contribution in [1.82, 2.24) is 9.55 Å². The van der Waals surface area contributed by atoms with Crippen LogP contribution in [0.3, 0.4) is 0 Å². The number of aryl methyl sites for hydroxylation is 1. The van der Waals surface area contributed by atoms with Crippen molar-refractivity contribution < 1.29 is 13.2 Å². The van der Waals surface area contributed by atoms with Gasteiger partial charge in [0, 0.05) is 5.75 Å². The number of thioether (sulfide) groups is 1. The number of hydrogen-bond donors (Lipinski definition) is 1. The monoisotopic (exact) mass is 481 g/mol. The molecule has 0 saturated carbocycles. The molecule has 0 radical (unpaired) electrons. The van der Waals surface area contributed by atoms with Crippen LogP contribution in [-0.4, -0.2) is 30.3 Å². The van der Waals surface area contributed by atoms with Gasteiger partial charge in [0.05, 0.1) is 28.1 Å². The summed E-state index contributed by atoms with van der Waals surface area (Å²) in [5.74, 6) is 1.07. The number of para-hydroxylation sites is 1. The number of aromatic nitrogens is 2. The van der Waals surface area contributed by atoms with Crippen LogP contribution in [0.15, 0.2) is 87.6 Å². The molecular formula is C24H23N3O4S2. The van der Waals surface area contributed by atoms with E-state index in [1.165, 1.54) is 29.5 Å². The van der Waals surface area contributed by atoms with Crippen molar-refractivity contribution in [3.05, 3.63) is 88.7 Å². The van der Waals surface area contributed by atoms with Gasteiger partial charge in [0.15, 0.2) is 5.16 Å². The number of nitrogens with two attached hydrogens (primary N) is 1. The first-order chi connectivity index (χ1) is 15.9. The Kier molecular flexibility index (Phi) is 6.83. The van der Waals surface area contributed by atoms with Gasteiger partial charge >= 0.3 is 0 Å². The number of nitrogens with zero attached hydrogens (tertiary/aromatic N) is 2. The quantitative estimate of drug-likeness (QED) is 0.233. The number of rotatable bonds is 8. The standard InChI is InChI=1S/C24H23N3O4S2/c1-2-17-7-9-18(10-8-17)27-23(28)21-5-3-4-6-22(21)26-24(27)32-16-15-31-19-11-13-20(14-12-19)33(25,29)30/h3-14H,2,15-16H2,1H3,(H2,25,29,30). The minimum atomic E-state index is -3.74. The van der Waals surface area contributed by atoms with Crippen LogP contribution in [0.4, 0.5) is 0 Å². The Labute approximate surface area is 196 Å². The molecule has 0 aliphatic carbocycles. The van der Waals surface area contributed by atoms with Gasteiger partial charge in [-0.15, -0.1) is 0 Å². The minimum absolute atomic E-state index is 0.0303. The number of primary sulfonamides is 1. The summed E-state index contributed by atoms with van der Waals surface area (Å²) in [5.41, 5.74) is 2.48. The average molecular weight is 482 g/mol. The molecule has 9 heteroatoms. The van der Waals surface area contributed by atoms with Gasteiger partial charge in [-0.2, -0.15) is 0 Å². The molecule has 0 spiro atoms. The van der Waals surface area contributed by atoms with Crippen LogP contribution in [0, 0.1) is 0 Å². The van der Waals surface area contributed by atoms with Crippen molar-refractivity contribution in [2.75, 3.05) is 12.4 Å².